The summed E-state index contributed by atoms with van der Waals surface area (Å²) < 4.78 is 28.9. The van der Waals surface area contributed by atoms with Crippen LogP contribution in [0.4, 0.5) is 4.79 Å². The van der Waals surface area contributed by atoms with Crippen LogP contribution in [0, 0.1) is 0 Å². The number of fused-ring (bicyclic) bond motifs is 1. The van der Waals surface area contributed by atoms with Gasteiger partial charge >= 0.3 is 6.16 Å². The molecule has 0 aromatic heterocycles. The van der Waals surface area contributed by atoms with Crippen LogP contribution < -0.4 is 10.1 Å². The molecule has 4 aromatic carbocycles. The number of amides is 1. The fraction of sp³-hybridized carbons (Fsp3) is 0.257. The van der Waals surface area contributed by atoms with Gasteiger partial charge in [0.25, 0.3) is 5.91 Å². The molecular formula is C35H33NO7. The van der Waals surface area contributed by atoms with Crippen LogP contribution in [0.25, 0.3) is 22.3 Å². The molecule has 2 fully saturated rings. The van der Waals surface area contributed by atoms with E-state index in [0.29, 0.717) is 17.9 Å². The highest BCUT2D eigenvalue weighted by atomic mass is 16.8. The minimum Gasteiger partial charge on any atom is -0.461 e. The number of carbonyl (C=O) groups excluding carboxylic acids is 2. The van der Waals surface area contributed by atoms with Gasteiger partial charge in [-0.05, 0) is 59.9 Å². The second kappa shape index (κ2) is 11.9. The van der Waals surface area contributed by atoms with E-state index in [2.05, 4.69) is 17.4 Å². The van der Waals surface area contributed by atoms with E-state index < -0.39 is 36.4 Å². The second-order valence-corrected chi connectivity index (χ2v) is 11.1. The quantitative estimate of drug-likeness (QED) is 0.242. The molecule has 0 radical (unpaired) electrons. The van der Waals surface area contributed by atoms with E-state index in [1.54, 1.807) is 12.1 Å². The first kappa shape index (κ1) is 28.5. The average molecular weight is 580 g/mol. The zero-order chi connectivity index (χ0) is 30.0. The Morgan fingerprint density at radius 1 is 0.814 bits per heavy atom. The molecule has 2 aliphatic heterocycles. The second-order valence-electron chi connectivity index (χ2n) is 11.1. The Bertz CT molecular complexity index is 1590. The SMILES string of the molecule is CO[C@@H]1[C@H]2OC(=O)O[C@H]2[C@H](Oc2ccc(-c3ccc(-c4ccccc4)cc3)c(C(=O)NCc3ccccc3)c2)OC1(C)C. The number of rotatable bonds is 8. The van der Waals surface area contributed by atoms with Crippen molar-refractivity contribution in [2.45, 2.75) is 50.6 Å². The molecule has 0 spiro atoms. The molecule has 43 heavy (non-hydrogen) atoms. The lowest BCUT2D eigenvalue weighted by atomic mass is 9.89. The standard InChI is InChI=1S/C35H33NO7/c1-35(2)31(39-3)29-30(42-34(38)41-29)33(43-35)40-26-18-19-27(25-16-14-24(15-17-25)23-12-8-5-9-13-23)28(20-26)32(37)36-21-22-10-6-4-7-11-22/h4-20,29-31,33H,21H2,1-3H3,(H,36,37)/t29-,30+,31+,33+/m0/s1. The van der Waals surface area contributed by atoms with Crippen molar-refractivity contribution < 1.29 is 33.3 Å². The Labute approximate surface area is 250 Å². The van der Waals surface area contributed by atoms with Crippen LogP contribution in [0.15, 0.2) is 103 Å². The summed E-state index contributed by atoms with van der Waals surface area (Å²) in [6.07, 6.45) is -3.88. The number of benzene rings is 4. The van der Waals surface area contributed by atoms with Crippen molar-refractivity contribution >= 4 is 12.1 Å². The molecule has 8 heteroatoms. The highest BCUT2D eigenvalue weighted by Crippen LogP contribution is 2.39. The normalized spacial score (nSPS) is 22.2. The van der Waals surface area contributed by atoms with E-state index in [-0.39, 0.29) is 5.91 Å². The first-order valence-electron chi connectivity index (χ1n) is 14.2. The lowest BCUT2D eigenvalue weighted by Crippen LogP contribution is -2.62. The van der Waals surface area contributed by atoms with Crippen LogP contribution in [-0.4, -0.2) is 49.4 Å². The van der Waals surface area contributed by atoms with Crippen molar-refractivity contribution in [2.24, 2.45) is 0 Å². The zero-order valence-corrected chi connectivity index (χ0v) is 24.2. The molecule has 0 bridgehead atoms. The third-order valence-corrected chi connectivity index (χ3v) is 7.80. The molecule has 0 unspecified atom stereocenters. The third kappa shape index (κ3) is 5.98. The van der Waals surface area contributed by atoms with Gasteiger partial charge in [0.15, 0.2) is 6.10 Å². The van der Waals surface area contributed by atoms with Gasteiger partial charge in [0, 0.05) is 13.7 Å². The van der Waals surface area contributed by atoms with Crippen LogP contribution >= 0.6 is 0 Å². The molecule has 1 amide bonds. The fourth-order valence-electron chi connectivity index (χ4n) is 5.68. The number of carbonyl (C=O) groups is 2. The number of nitrogens with one attached hydrogen (secondary N) is 1. The zero-order valence-electron chi connectivity index (χ0n) is 24.2. The molecule has 0 saturated carbocycles. The number of hydrogen-bond acceptors (Lipinski definition) is 7. The minimum atomic E-state index is -0.978. The van der Waals surface area contributed by atoms with Crippen LogP contribution in [-0.2, 0) is 25.5 Å². The summed E-state index contributed by atoms with van der Waals surface area (Å²) >= 11 is 0. The van der Waals surface area contributed by atoms with E-state index in [1.807, 2.05) is 92.7 Å². The Morgan fingerprint density at radius 2 is 1.44 bits per heavy atom. The van der Waals surface area contributed by atoms with Gasteiger partial charge in [0.2, 0.25) is 12.4 Å². The predicted molar refractivity (Wildman–Crippen MR) is 160 cm³/mol. The molecule has 4 aromatic rings. The van der Waals surface area contributed by atoms with E-state index in [0.717, 1.165) is 27.8 Å². The molecule has 1 N–H and O–H groups in total. The van der Waals surface area contributed by atoms with Crippen molar-refractivity contribution in [2.75, 3.05) is 7.11 Å². The highest BCUT2D eigenvalue weighted by Gasteiger charge is 2.58. The van der Waals surface area contributed by atoms with Gasteiger partial charge in [-0.1, -0.05) is 84.9 Å². The summed E-state index contributed by atoms with van der Waals surface area (Å²) in [7, 11) is 1.53. The molecular weight excluding hydrogens is 546 g/mol. The van der Waals surface area contributed by atoms with Gasteiger partial charge in [0.05, 0.1) is 11.2 Å². The van der Waals surface area contributed by atoms with Crippen molar-refractivity contribution in [1.29, 1.82) is 0 Å². The third-order valence-electron chi connectivity index (χ3n) is 7.80. The Morgan fingerprint density at radius 3 is 2.14 bits per heavy atom. The van der Waals surface area contributed by atoms with Crippen LogP contribution in [0.5, 0.6) is 5.75 Å². The maximum Gasteiger partial charge on any atom is 0.509 e. The van der Waals surface area contributed by atoms with Gasteiger partial charge < -0.3 is 29.0 Å². The summed E-state index contributed by atoms with van der Waals surface area (Å²) in [4.78, 5) is 25.7. The summed E-state index contributed by atoms with van der Waals surface area (Å²) in [6, 6.07) is 33.2. The summed E-state index contributed by atoms with van der Waals surface area (Å²) in [5.74, 6) is 0.127. The number of hydrogen-bond donors (Lipinski definition) is 1. The topological polar surface area (TPSA) is 92.3 Å². The first-order chi connectivity index (χ1) is 20.8. The monoisotopic (exact) mass is 579 g/mol. The van der Waals surface area contributed by atoms with Gasteiger partial charge in [-0.25, -0.2) is 4.79 Å². The largest absolute Gasteiger partial charge is 0.509 e. The van der Waals surface area contributed by atoms with Gasteiger partial charge in [-0.2, -0.15) is 0 Å². The molecule has 2 heterocycles. The lowest BCUT2D eigenvalue weighted by Gasteiger charge is -2.45. The predicted octanol–water partition coefficient (Wildman–Crippen LogP) is 6.38. The fourth-order valence-corrected chi connectivity index (χ4v) is 5.68. The van der Waals surface area contributed by atoms with Gasteiger partial charge in [0.1, 0.15) is 11.9 Å². The smallest absolute Gasteiger partial charge is 0.461 e. The molecule has 0 aliphatic carbocycles. The Balaban J connectivity index is 1.31. The minimum absolute atomic E-state index is 0.255. The van der Waals surface area contributed by atoms with Crippen molar-refractivity contribution in [3.8, 4) is 28.0 Å². The summed E-state index contributed by atoms with van der Waals surface area (Å²) in [6.45, 7) is 4.04. The molecule has 2 saturated heterocycles. The van der Waals surface area contributed by atoms with Gasteiger partial charge in [-0.15, -0.1) is 0 Å². The average Bonchev–Trinajstić information content (AvgIpc) is 3.41. The van der Waals surface area contributed by atoms with E-state index in [4.69, 9.17) is 23.7 Å². The Hall–Kier alpha value is -4.66. The maximum absolute atomic E-state index is 13.7. The number of methoxy groups -OCH3 is 1. The van der Waals surface area contributed by atoms with Crippen LogP contribution in [0.3, 0.4) is 0 Å². The Kier molecular flexibility index (Phi) is 7.88. The first-order valence-corrected chi connectivity index (χ1v) is 14.2. The molecule has 4 atom stereocenters. The summed E-state index contributed by atoms with van der Waals surface area (Å²) in [5, 5.41) is 3.03. The van der Waals surface area contributed by atoms with Gasteiger partial charge in [-0.3, -0.25) is 4.79 Å². The van der Waals surface area contributed by atoms with E-state index >= 15 is 0 Å². The molecule has 6 rings (SSSR count). The van der Waals surface area contributed by atoms with Crippen molar-refractivity contribution in [1.82, 2.24) is 5.32 Å². The molecule has 8 nitrogen and oxygen atoms in total. The number of ether oxygens (including phenoxy) is 5. The molecule has 2 aliphatic rings. The lowest BCUT2D eigenvalue weighted by molar-refractivity contribution is -0.282. The highest BCUT2D eigenvalue weighted by molar-refractivity contribution is 6.01. The van der Waals surface area contributed by atoms with Crippen molar-refractivity contribution in [3.63, 3.8) is 0 Å². The van der Waals surface area contributed by atoms with Crippen LogP contribution in [0.2, 0.25) is 0 Å². The van der Waals surface area contributed by atoms with E-state index in [9.17, 15) is 9.59 Å². The summed E-state index contributed by atoms with van der Waals surface area (Å²) in [5.41, 5.74) is 4.39. The van der Waals surface area contributed by atoms with Crippen LogP contribution in [0.1, 0.15) is 29.8 Å². The van der Waals surface area contributed by atoms with Crippen molar-refractivity contribution in [3.05, 3.63) is 114 Å². The maximum atomic E-state index is 13.7. The molecule has 220 valence electrons. The van der Waals surface area contributed by atoms with E-state index in [1.165, 1.54) is 7.11 Å².